The van der Waals surface area contributed by atoms with E-state index in [2.05, 4.69) is 22.4 Å². The van der Waals surface area contributed by atoms with Crippen LogP contribution in [0.4, 0.5) is 14.6 Å². The third-order valence-corrected chi connectivity index (χ3v) is 7.46. The lowest BCUT2D eigenvalue weighted by atomic mass is 9.62. The number of hydrogen-bond acceptors (Lipinski definition) is 4. The van der Waals surface area contributed by atoms with Crippen molar-refractivity contribution in [2.75, 3.05) is 5.32 Å². The van der Waals surface area contributed by atoms with Crippen LogP contribution in [0.15, 0.2) is 24.4 Å². The van der Waals surface area contributed by atoms with E-state index in [1.807, 2.05) is 23.9 Å². The Kier molecular flexibility index (Phi) is 4.07. The smallest absolute Gasteiger partial charge is 0.182 e. The van der Waals surface area contributed by atoms with Crippen molar-refractivity contribution in [3.63, 3.8) is 0 Å². The number of aromatic nitrogens is 5. The molecule has 3 fully saturated rings. The summed E-state index contributed by atoms with van der Waals surface area (Å²) < 4.78 is 30.0. The Labute approximate surface area is 178 Å². The van der Waals surface area contributed by atoms with Gasteiger partial charge in [-0.15, -0.1) is 0 Å². The van der Waals surface area contributed by atoms with E-state index in [4.69, 9.17) is 9.97 Å². The molecule has 31 heavy (non-hydrogen) atoms. The summed E-state index contributed by atoms with van der Waals surface area (Å²) in [5.41, 5.74) is 1.26. The fourth-order valence-electron chi connectivity index (χ4n) is 5.73. The molecule has 8 heteroatoms. The number of H-pyrrole nitrogens is 1. The lowest BCUT2D eigenvalue weighted by Gasteiger charge is -2.47. The SMILES string of the molecule is CC1C2CCC(CC2)C1Nc1nc(-c2[nH]nc3c(F)cc(F)cc23)nc2c1ccn2C. The zero-order chi connectivity index (χ0) is 21.3. The molecule has 3 heterocycles. The van der Waals surface area contributed by atoms with E-state index in [0.29, 0.717) is 34.8 Å². The molecule has 2 N–H and O–H groups in total. The van der Waals surface area contributed by atoms with Crippen molar-refractivity contribution in [1.82, 2.24) is 24.7 Å². The molecule has 0 amide bonds. The average Bonchev–Trinajstić information content (AvgIpc) is 3.35. The summed E-state index contributed by atoms with van der Waals surface area (Å²) in [4.78, 5) is 9.53. The van der Waals surface area contributed by atoms with Crippen LogP contribution in [0.3, 0.4) is 0 Å². The molecule has 2 atom stereocenters. The van der Waals surface area contributed by atoms with Crippen LogP contribution in [0.5, 0.6) is 0 Å². The lowest BCUT2D eigenvalue weighted by molar-refractivity contribution is 0.0929. The number of benzene rings is 1. The van der Waals surface area contributed by atoms with E-state index in [0.717, 1.165) is 28.8 Å². The zero-order valence-corrected chi connectivity index (χ0v) is 17.5. The molecule has 3 aromatic heterocycles. The molecule has 0 radical (unpaired) electrons. The van der Waals surface area contributed by atoms with Crippen molar-refractivity contribution >= 4 is 27.8 Å². The van der Waals surface area contributed by atoms with Gasteiger partial charge in [0.25, 0.3) is 0 Å². The van der Waals surface area contributed by atoms with E-state index >= 15 is 0 Å². The van der Waals surface area contributed by atoms with Gasteiger partial charge in [-0.3, -0.25) is 5.10 Å². The first-order valence-corrected chi connectivity index (χ1v) is 10.9. The van der Waals surface area contributed by atoms with Gasteiger partial charge < -0.3 is 9.88 Å². The van der Waals surface area contributed by atoms with Gasteiger partial charge >= 0.3 is 0 Å². The largest absolute Gasteiger partial charge is 0.366 e. The van der Waals surface area contributed by atoms with E-state index < -0.39 is 11.6 Å². The van der Waals surface area contributed by atoms with Crippen LogP contribution in [0, 0.1) is 29.4 Å². The first-order valence-electron chi connectivity index (χ1n) is 10.9. The van der Waals surface area contributed by atoms with Crippen molar-refractivity contribution in [2.24, 2.45) is 24.8 Å². The van der Waals surface area contributed by atoms with Gasteiger partial charge in [0.1, 0.15) is 28.5 Å². The third kappa shape index (κ3) is 2.84. The second-order valence-corrected chi connectivity index (χ2v) is 9.15. The predicted octanol–water partition coefficient (Wildman–Crippen LogP) is 5.03. The van der Waals surface area contributed by atoms with Gasteiger partial charge in [0.2, 0.25) is 0 Å². The molecule has 3 aliphatic carbocycles. The summed E-state index contributed by atoms with van der Waals surface area (Å²) in [6.07, 6.45) is 7.10. The fraction of sp³-hybridized carbons (Fsp3) is 0.435. The van der Waals surface area contributed by atoms with E-state index in [-0.39, 0.29) is 5.52 Å². The molecule has 6 nitrogen and oxygen atoms in total. The minimum atomic E-state index is -0.706. The molecule has 0 spiro atoms. The standard InChI is InChI=1S/C23H24F2N6/c1-11-12-3-5-13(6-4-12)18(11)26-21-15-7-8-31(2)23(15)28-22(27-21)20-16-9-14(24)10-17(25)19(16)29-30-20/h7-13,18H,3-6H2,1-2H3,(H,29,30)(H,26,27,28). The molecule has 2 unspecified atom stereocenters. The topological polar surface area (TPSA) is 71.4 Å². The lowest BCUT2D eigenvalue weighted by Crippen LogP contribution is -2.47. The molecule has 3 aliphatic rings. The molecular weight excluding hydrogens is 398 g/mol. The summed E-state index contributed by atoms with van der Waals surface area (Å²) in [5.74, 6) is 1.77. The van der Waals surface area contributed by atoms with Gasteiger partial charge in [-0.25, -0.2) is 18.7 Å². The molecule has 7 rings (SSSR count). The first kappa shape index (κ1) is 18.7. The first-order chi connectivity index (χ1) is 15.0. The average molecular weight is 422 g/mol. The molecule has 0 saturated heterocycles. The highest BCUT2D eigenvalue weighted by Gasteiger charge is 2.41. The second kappa shape index (κ2) is 6.73. The maximum absolute atomic E-state index is 14.2. The number of hydrogen-bond donors (Lipinski definition) is 2. The Morgan fingerprint density at radius 3 is 2.61 bits per heavy atom. The third-order valence-electron chi connectivity index (χ3n) is 7.46. The van der Waals surface area contributed by atoms with Crippen molar-refractivity contribution in [2.45, 2.75) is 38.6 Å². The van der Waals surface area contributed by atoms with Crippen LogP contribution < -0.4 is 5.32 Å². The zero-order valence-electron chi connectivity index (χ0n) is 17.5. The predicted molar refractivity (Wildman–Crippen MR) is 116 cm³/mol. The van der Waals surface area contributed by atoms with E-state index in [1.165, 1.54) is 31.7 Å². The van der Waals surface area contributed by atoms with Crippen LogP contribution in [-0.4, -0.2) is 30.8 Å². The van der Waals surface area contributed by atoms with E-state index in [9.17, 15) is 8.78 Å². The van der Waals surface area contributed by atoms with Crippen molar-refractivity contribution in [3.05, 3.63) is 36.0 Å². The number of nitrogens with one attached hydrogen (secondary N) is 2. The minimum absolute atomic E-state index is 0.0831. The van der Waals surface area contributed by atoms with Gasteiger partial charge in [0.05, 0.1) is 5.39 Å². The number of halogens is 2. The molecule has 2 bridgehead atoms. The van der Waals surface area contributed by atoms with Gasteiger partial charge in [0, 0.05) is 30.7 Å². The minimum Gasteiger partial charge on any atom is -0.366 e. The van der Waals surface area contributed by atoms with Gasteiger partial charge in [-0.2, -0.15) is 5.10 Å². The highest BCUT2D eigenvalue weighted by atomic mass is 19.1. The molecule has 0 aliphatic heterocycles. The molecule has 4 aromatic rings. The maximum atomic E-state index is 14.2. The summed E-state index contributed by atoms with van der Waals surface area (Å²) in [6.45, 7) is 2.34. The van der Waals surface area contributed by atoms with E-state index in [1.54, 1.807) is 0 Å². The number of rotatable bonds is 3. The highest BCUT2D eigenvalue weighted by molar-refractivity contribution is 5.94. The summed E-state index contributed by atoms with van der Waals surface area (Å²) in [7, 11) is 1.93. The molecule has 1 aromatic carbocycles. The summed E-state index contributed by atoms with van der Waals surface area (Å²) >= 11 is 0. The maximum Gasteiger partial charge on any atom is 0.182 e. The number of anilines is 1. The van der Waals surface area contributed by atoms with Crippen LogP contribution in [-0.2, 0) is 7.05 Å². The Morgan fingerprint density at radius 2 is 1.84 bits per heavy atom. The van der Waals surface area contributed by atoms with Gasteiger partial charge in [0.15, 0.2) is 11.6 Å². The number of fused-ring (bicyclic) bond motifs is 5. The Bertz CT molecular complexity index is 1300. The number of nitrogens with zero attached hydrogens (tertiary/aromatic N) is 4. The molecule has 3 saturated carbocycles. The number of aromatic amines is 1. The fourth-order valence-corrected chi connectivity index (χ4v) is 5.73. The van der Waals surface area contributed by atoms with Crippen molar-refractivity contribution in [3.8, 4) is 11.5 Å². The quantitative estimate of drug-likeness (QED) is 0.486. The van der Waals surface area contributed by atoms with Crippen LogP contribution in [0.1, 0.15) is 32.6 Å². The van der Waals surface area contributed by atoms with Crippen LogP contribution in [0.2, 0.25) is 0 Å². The normalized spacial score (nSPS) is 25.5. The number of aryl methyl sites for hydroxylation is 1. The molecular formula is C23H24F2N6. The van der Waals surface area contributed by atoms with Crippen molar-refractivity contribution in [1.29, 1.82) is 0 Å². The Balaban J connectivity index is 1.49. The summed E-state index contributed by atoms with van der Waals surface area (Å²) in [6, 6.07) is 4.48. The monoisotopic (exact) mass is 422 g/mol. The second-order valence-electron chi connectivity index (χ2n) is 9.15. The van der Waals surface area contributed by atoms with Crippen LogP contribution in [0.25, 0.3) is 33.5 Å². The van der Waals surface area contributed by atoms with Crippen molar-refractivity contribution < 1.29 is 8.78 Å². The Morgan fingerprint density at radius 1 is 1.06 bits per heavy atom. The van der Waals surface area contributed by atoms with Crippen LogP contribution >= 0.6 is 0 Å². The highest BCUT2D eigenvalue weighted by Crippen LogP contribution is 2.46. The van der Waals surface area contributed by atoms with Gasteiger partial charge in [-0.1, -0.05) is 6.92 Å². The van der Waals surface area contributed by atoms with Gasteiger partial charge in [-0.05, 0) is 55.6 Å². The molecule has 160 valence electrons. The summed E-state index contributed by atoms with van der Waals surface area (Å²) in [5, 5.41) is 11.9. The Hall–Kier alpha value is -3.03.